The van der Waals surface area contributed by atoms with Gasteiger partial charge in [-0.25, -0.2) is 9.97 Å². The summed E-state index contributed by atoms with van der Waals surface area (Å²) in [6.07, 6.45) is 14.0. The van der Waals surface area contributed by atoms with Gasteiger partial charge in [0.1, 0.15) is 0 Å². The lowest BCUT2D eigenvalue weighted by Gasteiger charge is -2.10. The molecule has 0 aliphatic carbocycles. The van der Waals surface area contributed by atoms with E-state index in [0.717, 1.165) is 148 Å². The summed E-state index contributed by atoms with van der Waals surface area (Å²) in [6, 6.07) is 9.25. The van der Waals surface area contributed by atoms with Crippen molar-refractivity contribution < 1.29 is 37.9 Å². The average Bonchev–Trinajstić information content (AvgIpc) is 3.99. The van der Waals surface area contributed by atoms with Crippen molar-refractivity contribution in [2.75, 3.05) is 110 Å². The molecule has 8 bridgehead atoms. The van der Waals surface area contributed by atoms with Gasteiger partial charge in [-0.1, -0.05) is 0 Å². The van der Waals surface area contributed by atoms with Gasteiger partial charge in [-0.2, -0.15) is 0 Å². The van der Waals surface area contributed by atoms with Crippen LogP contribution in [0.15, 0.2) is 24.3 Å². The standard InChI is InChI=1S/C52H78N4O8/c1-57-25-9-17-37-38(18-10-26-58-2)46-34-48-41(21-13-29-61-5)42(22-14-30-62-6)50(55-48)36-52-44(24-16-32-64-8)43(23-15-31-63-7)51(56-52)35-49-40(20-12-28-60-4)39(19-11-27-59-3)47(54-49)33-45(37)53-46/h33-36,53-54H,9-32H2,1-8H3. The second-order valence-electron chi connectivity index (χ2n) is 16.8. The monoisotopic (exact) mass is 887 g/mol. The SMILES string of the molecule is COCCCC1=C(CCCOC)c2cc3[nH]c(cc4[nH]c(cc5nc(cc1n2)C(CCCOC)=C5CCCOC)c(CCCOC)c4CCCOC)c(CCCOC)c3CCCOC. The summed E-state index contributed by atoms with van der Waals surface area (Å²) < 4.78 is 44.9. The van der Waals surface area contributed by atoms with Gasteiger partial charge in [0.15, 0.2) is 0 Å². The summed E-state index contributed by atoms with van der Waals surface area (Å²) in [6.45, 7) is 5.41. The molecule has 3 aromatic heterocycles. The number of aromatic nitrogens is 4. The van der Waals surface area contributed by atoms with Crippen molar-refractivity contribution in [2.45, 2.75) is 103 Å². The molecule has 12 nitrogen and oxygen atoms in total. The van der Waals surface area contributed by atoms with E-state index in [4.69, 9.17) is 47.9 Å². The fourth-order valence-corrected chi connectivity index (χ4v) is 9.31. The number of allylic oxidation sites excluding steroid dienone is 4. The summed E-state index contributed by atoms with van der Waals surface area (Å²) in [5.41, 5.74) is 18.6. The number of hydrogen-bond donors (Lipinski definition) is 2. The van der Waals surface area contributed by atoms with Crippen LogP contribution >= 0.6 is 0 Å². The number of ether oxygens (including phenoxy) is 8. The second-order valence-corrected chi connectivity index (χ2v) is 16.8. The number of aromatic amines is 2. The van der Waals surface area contributed by atoms with Crippen LogP contribution < -0.4 is 0 Å². The van der Waals surface area contributed by atoms with Gasteiger partial charge in [-0.05, 0) is 172 Å². The van der Waals surface area contributed by atoms with E-state index in [1.54, 1.807) is 56.9 Å². The number of aryl methyl sites for hydroxylation is 4. The van der Waals surface area contributed by atoms with E-state index < -0.39 is 0 Å². The Kier molecular flexibility index (Phi) is 22.7. The molecule has 0 saturated carbocycles. The molecule has 12 heteroatoms. The van der Waals surface area contributed by atoms with Crippen LogP contribution in [-0.4, -0.2) is 130 Å². The fraction of sp³-hybridized carbons (Fsp3) is 0.615. The Morgan fingerprint density at radius 3 is 0.766 bits per heavy atom. The summed E-state index contributed by atoms with van der Waals surface area (Å²) in [4.78, 5) is 19.1. The van der Waals surface area contributed by atoms with Crippen LogP contribution in [0.1, 0.15) is 122 Å². The summed E-state index contributed by atoms with van der Waals surface area (Å²) in [7, 11) is 14.2. The Hall–Kier alpha value is -3.72. The first kappa shape index (κ1) is 51.3. The van der Waals surface area contributed by atoms with E-state index in [0.29, 0.717) is 52.9 Å². The first-order valence-corrected chi connectivity index (χ1v) is 23.6. The molecule has 2 N–H and O–H groups in total. The largest absolute Gasteiger partial charge is 0.385 e. The van der Waals surface area contributed by atoms with Gasteiger partial charge in [-0.15, -0.1) is 0 Å². The highest BCUT2D eigenvalue weighted by molar-refractivity contribution is 5.96. The minimum Gasteiger partial charge on any atom is -0.385 e. The highest BCUT2D eigenvalue weighted by Gasteiger charge is 2.25. The third kappa shape index (κ3) is 14.1. The van der Waals surface area contributed by atoms with Gasteiger partial charge in [0.05, 0.1) is 22.8 Å². The number of methoxy groups -OCH3 is 8. The molecule has 64 heavy (non-hydrogen) atoms. The topological polar surface area (TPSA) is 131 Å². The molecule has 0 fully saturated rings. The van der Waals surface area contributed by atoms with Crippen LogP contribution in [0.2, 0.25) is 0 Å². The molecule has 5 heterocycles. The number of nitrogens with zero attached hydrogens (tertiary/aromatic N) is 2. The van der Waals surface area contributed by atoms with Gasteiger partial charge in [0.25, 0.3) is 0 Å². The molecule has 0 radical (unpaired) electrons. The van der Waals surface area contributed by atoms with Crippen molar-refractivity contribution in [1.29, 1.82) is 0 Å². The van der Waals surface area contributed by atoms with Crippen molar-refractivity contribution in [1.82, 2.24) is 19.9 Å². The average molecular weight is 887 g/mol. The minimum atomic E-state index is 0.670. The third-order valence-corrected chi connectivity index (χ3v) is 12.3. The maximum Gasteiger partial charge on any atom is 0.0694 e. The van der Waals surface area contributed by atoms with Crippen LogP contribution in [0.3, 0.4) is 0 Å². The minimum absolute atomic E-state index is 0.670. The lowest BCUT2D eigenvalue weighted by Crippen LogP contribution is -1.99. The normalized spacial score (nSPS) is 13.0. The zero-order valence-corrected chi connectivity index (χ0v) is 40.4. The molecule has 0 amide bonds. The molecule has 5 rings (SSSR count). The Bertz CT molecular complexity index is 1970. The van der Waals surface area contributed by atoms with E-state index in [-0.39, 0.29) is 0 Å². The lowest BCUT2D eigenvalue weighted by atomic mass is 9.94. The van der Waals surface area contributed by atoms with Crippen LogP contribution in [0, 0.1) is 0 Å². The highest BCUT2D eigenvalue weighted by atomic mass is 16.5. The molecule has 0 saturated heterocycles. The van der Waals surface area contributed by atoms with Crippen LogP contribution in [0.5, 0.6) is 0 Å². The van der Waals surface area contributed by atoms with Crippen molar-refractivity contribution in [3.05, 3.63) is 69.3 Å². The first-order valence-electron chi connectivity index (χ1n) is 23.6. The predicted octanol–water partition coefficient (Wildman–Crippen LogP) is 10.2. The Labute approximate surface area is 382 Å². The molecule has 354 valence electrons. The molecule has 0 aromatic carbocycles. The lowest BCUT2D eigenvalue weighted by molar-refractivity contribution is 0.194. The molecule has 2 aliphatic heterocycles. The summed E-state index contributed by atoms with van der Waals surface area (Å²) in [5.74, 6) is 0. The second kappa shape index (κ2) is 28.3. The molecule has 0 unspecified atom stereocenters. The van der Waals surface area contributed by atoms with E-state index >= 15 is 0 Å². The van der Waals surface area contributed by atoms with Crippen LogP contribution in [0.4, 0.5) is 0 Å². The van der Waals surface area contributed by atoms with Crippen molar-refractivity contribution in [3.63, 3.8) is 0 Å². The Balaban J connectivity index is 1.99. The van der Waals surface area contributed by atoms with Gasteiger partial charge in [0, 0.05) is 132 Å². The summed E-state index contributed by atoms with van der Waals surface area (Å²) >= 11 is 0. The Morgan fingerprint density at radius 1 is 0.297 bits per heavy atom. The molecule has 2 aliphatic rings. The van der Waals surface area contributed by atoms with E-state index in [1.807, 2.05) is 0 Å². The zero-order chi connectivity index (χ0) is 45.5. The van der Waals surface area contributed by atoms with Gasteiger partial charge in [0.2, 0.25) is 0 Å². The fourth-order valence-electron chi connectivity index (χ4n) is 9.31. The van der Waals surface area contributed by atoms with Crippen LogP contribution in [0.25, 0.3) is 44.4 Å². The Morgan fingerprint density at radius 2 is 0.516 bits per heavy atom. The highest BCUT2D eigenvalue weighted by Crippen LogP contribution is 2.41. The number of hydrogen-bond acceptors (Lipinski definition) is 10. The van der Waals surface area contributed by atoms with Gasteiger partial charge >= 0.3 is 0 Å². The number of nitrogens with one attached hydrogen (secondary N) is 2. The number of H-pyrrole nitrogens is 2. The maximum atomic E-state index is 5.62. The quantitative estimate of drug-likeness (QED) is 0.0584. The van der Waals surface area contributed by atoms with Crippen molar-refractivity contribution in [2.24, 2.45) is 0 Å². The molecular formula is C52H78N4O8. The molecular weight excluding hydrogens is 809 g/mol. The first-order chi connectivity index (χ1) is 31.5. The van der Waals surface area contributed by atoms with E-state index in [1.165, 1.54) is 44.5 Å². The third-order valence-electron chi connectivity index (χ3n) is 12.3. The van der Waals surface area contributed by atoms with Gasteiger partial charge < -0.3 is 47.9 Å². The maximum absolute atomic E-state index is 5.62. The predicted molar refractivity (Wildman–Crippen MR) is 260 cm³/mol. The van der Waals surface area contributed by atoms with Crippen molar-refractivity contribution in [3.8, 4) is 0 Å². The molecule has 0 spiro atoms. The number of fused-ring (bicyclic) bond motifs is 8. The number of rotatable bonds is 32. The van der Waals surface area contributed by atoms with Gasteiger partial charge in [-0.3, -0.25) is 0 Å². The molecule has 3 aromatic rings. The zero-order valence-electron chi connectivity index (χ0n) is 40.4. The summed E-state index contributed by atoms with van der Waals surface area (Å²) in [5, 5.41) is 0. The van der Waals surface area contributed by atoms with E-state index in [2.05, 4.69) is 34.2 Å². The van der Waals surface area contributed by atoms with Crippen molar-refractivity contribution >= 4 is 44.4 Å². The van der Waals surface area contributed by atoms with Crippen LogP contribution in [-0.2, 0) is 63.6 Å². The molecule has 0 atom stereocenters. The smallest absolute Gasteiger partial charge is 0.0694 e. The van der Waals surface area contributed by atoms with E-state index in [9.17, 15) is 0 Å².